The predicted octanol–water partition coefficient (Wildman–Crippen LogP) is 6.77. The quantitative estimate of drug-likeness (QED) is 0.140. The Labute approximate surface area is 333 Å². The molecule has 1 saturated heterocycles. The summed E-state index contributed by atoms with van der Waals surface area (Å²) in [6.45, 7) is 10.8. The highest BCUT2D eigenvalue weighted by atomic mass is 32.1. The first-order valence-electron chi connectivity index (χ1n) is 19.9. The number of carbonyl (C=O) groups excluding carboxylic acids is 3. The van der Waals surface area contributed by atoms with Gasteiger partial charge in [0.15, 0.2) is 5.78 Å². The Hall–Kier alpha value is -2.77. The van der Waals surface area contributed by atoms with Crippen molar-refractivity contribution in [2.75, 3.05) is 27.8 Å². The van der Waals surface area contributed by atoms with Crippen molar-refractivity contribution in [3.05, 3.63) is 52.5 Å². The molecule has 0 bridgehead atoms. The average Bonchev–Trinajstić information content (AvgIpc) is 3.97. The van der Waals surface area contributed by atoms with Crippen molar-refractivity contribution in [3.63, 3.8) is 0 Å². The van der Waals surface area contributed by atoms with Gasteiger partial charge >= 0.3 is 0 Å². The monoisotopic (exact) mass is 783 g/mol. The van der Waals surface area contributed by atoms with Crippen molar-refractivity contribution < 1.29 is 23.9 Å². The zero-order valence-electron chi connectivity index (χ0n) is 33.8. The molecule has 0 spiro atoms. The molecular formula is C42H65N5O5S2. The summed E-state index contributed by atoms with van der Waals surface area (Å²) in [5.74, 6) is -0.842. The number of thiazole rings is 1. The number of nitrogens with one attached hydrogen (secondary N) is 1. The van der Waals surface area contributed by atoms with Crippen molar-refractivity contribution in [1.82, 2.24) is 20.1 Å². The molecule has 1 saturated carbocycles. The third kappa shape index (κ3) is 10.7. The lowest BCUT2D eigenvalue weighted by Crippen LogP contribution is -2.54. The third-order valence-electron chi connectivity index (χ3n) is 12.2. The molecule has 2 amide bonds. The number of nitrogens with two attached hydrogens (primary N) is 1. The van der Waals surface area contributed by atoms with Crippen molar-refractivity contribution in [2.24, 2.45) is 29.4 Å². The Kier molecular flexibility index (Phi) is 16.6. The maximum absolute atomic E-state index is 14.3. The first-order valence-corrected chi connectivity index (χ1v) is 21.2. The largest absolute Gasteiger partial charge is 0.379 e. The lowest BCUT2D eigenvalue weighted by Gasteiger charge is -2.41. The minimum absolute atomic E-state index is 0.0226. The van der Waals surface area contributed by atoms with Crippen molar-refractivity contribution >= 4 is 46.1 Å². The van der Waals surface area contributed by atoms with Crippen LogP contribution in [0.2, 0.25) is 0 Å². The molecular weight excluding hydrogens is 719 g/mol. The minimum Gasteiger partial charge on any atom is -0.379 e. The molecule has 1 aliphatic heterocycles. The second-order valence-electron chi connectivity index (χ2n) is 16.1. The molecule has 0 radical (unpaired) electrons. The molecule has 54 heavy (non-hydrogen) atoms. The molecule has 2 fully saturated rings. The van der Waals surface area contributed by atoms with Gasteiger partial charge in [-0.25, -0.2) is 4.98 Å². The normalized spacial score (nSPS) is 20.9. The van der Waals surface area contributed by atoms with Crippen LogP contribution in [0.25, 0.3) is 0 Å². The molecule has 2 heterocycles. The van der Waals surface area contributed by atoms with E-state index in [0.29, 0.717) is 24.4 Å². The number of aromatic nitrogens is 1. The number of likely N-dealkylation sites (N-methyl/N-ethyl adjacent to an activating group) is 1. The molecule has 1 aromatic carbocycles. The lowest BCUT2D eigenvalue weighted by atomic mass is 9.81. The first-order chi connectivity index (χ1) is 25.8. The van der Waals surface area contributed by atoms with Gasteiger partial charge < -0.3 is 30.3 Å². The summed E-state index contributed by atoms with van der Waals surface area (Å²) in [4.78, 5) is 51.0. The van der Waals surface area contributed by atoms with Gasteiger partial charge in [-0.15, -0.1) is 11.3 Å². The number of methoxy groups -OCH3 is 2. The summed E-state index contributed by atoms with van der Waals surface area (Å²) >= 11 is 7.64. The number of likely N-dealkylation sites (tertiary alicyclic amines) is 1. The number of rotatable bonds is 20. The number of thiocarbonyl (C=S) groups is 1. The van der Waals surface area contributed by atoms with Crippen LogP contribution in [0.15, 0.2) is 41.9 Å². The van der Waals surface area contributed by atoms with Crippen LogP contribution in [0.4, 0.5) is 0 Å². The fourth-order valence-electron chi connectivity index (χ4n) is 8.62. The van der Waals surface area contributed by atoms with E-state index in [1.54, 1.807) is 37.5 Å². The Morgan fingerprint density at radius 2 is 1.76 bits per heavy atom. The van der Waals surface area contributed by atoms with E-state index < -0.39 is 17.6 Å². The molecule has 300 valence electrons. The summed E-state index contributed by atoms with van der Waals surface area (Å²) in [6.07, 6.45) is 7.61. The van der Waals surface area contributed by atoms with Gasteiger partial charge in [0.2, 0.25) is 11.8 Å². The van der Waals surface area contributed by atoms with Gasteiger partial charge in [-0.1, -0.05) is 96.4 Å². The fraction of sp³-hybridized carbons (Fsp3) is 0.690. The second-order valence-corrected chi connectivity index (χ2v) is 17.4. The highest BCUT2D eigenvalue weighted by Gasteiger charge is 2.44. The molecule has 10 nitrogen and oxygen atoms in total. The van der Waals surface area contributed by atoms with Crippen LogP contribution in [0.3, 0.4) is 0 Å². The fourth-order valence-corrected chi connectivity index (χ4v) is 9.59. The summed E-state index contributed by atoms with van der Waals surface area (Å²) in [5.41, 5.74) is 6.88. The Morgan fingerprint density at radius 1 is 1.07 bits per heavy atom. The number of benzene rings is 1. The van der Waals surface area contributed by atoms with Crippen LogP contribution in [0.1, 0.15) is 109 Å². The van der Waals surface area contributed by atoms with Gasteiger partial charge in [0, 0.05) is 57.6 Å². The maximum atomic E-state index is 14.3. The first kappa shape index (κ1) is 44.0. The van der Waals surface area contributed by atoms with Gasteiger partial charge in [-0.3, -0.25) is 14.4 Å². The number of hydrogen-bond acceptors (Lipinski definition) is 9. The Bertz CT molecular complexity index is 1500. The van der Waals surface area contributed by atoms with Crippen molar-refractivity contribution in [1.29, 1.82) is 0 Å². The number of Topliss-reactive ketones (excluding diaryl/α,β-unsaturated/α-hetero) is 1. The van der Waals surface area contributed by atoms with E-state index in [4.69, 9.17) is 27.4 Å². The number of carbonyl (C=O) groups is 3. The maximum Gasteiger partial charge on any atom is 0.226 e. The zero-order valence-corrected chi connectivity index (χ0v) is 35.4. The van der Waals surface area contributed by atoms with E-state index >= 15 is 0 Å². The Morgan fingerprint density at radius 3 is 2.33 bits per heavy atom. The summed E-state index contributed by atoms with van der Waals surface area (Å²) in [7, 11) is 5.11. The van der Waals surface area contributed by atoms with Gasteiger partial charge in [-0.2, -0.15) is 0 Å². The van der Waals surface area contributed by atoms with Gasteiger partial charge in [0.25, 0.3) is 0 Å². The number of hydrogen-bond donors (Lipinski definition) is 2. The van der Waals surface area contributed by atoms with Crippen molar-refractivity contribution in [2.45, 2.75) is 135 Å². The molecule has 8 atom stereocenters. The summed E-state index contributed by atoms with van der Waals surface area (Å²) < 4.78 is 12.3. The van der Waals surface area contributed by atoms with Gasteiger partial charge in [0.05, 0.1) is 47.3 Å². The van der Waals surface area contributed by atoms with Gasteiger partial charge in [-0.05, 0) is 49.5 Å². The molecule has 4 rings (SSSR count). The Balaban J connectivity index is 1.47. The minimum atomic E-state index is -0.835. The van der Waals surface area contributed by atoms with Crippen LogP contribution < -0.4 is 11.1 Å². The van der Waals surface area contributed by atoms with Crippen LogP contribution in [-0.4, -0.2) is 95.0 Å². The standard InChI is InChI=1S/C42H65N5O5S2/c1-9-28(4)37(46(6)41(50)31(27(2)3)25-35(48)42(43)19-13-14-20-42)34(51-7)26-36(49)47-22-15-18-33(47)38(52-8)29(5)39(53)45-32(40-44-21-23-54-40)24-30-16-11-10-12-17-30/h10-12,16-17,21,23,27-29,31-34,37-38H,9,13-15,18-20,22,24-26,43H2,1-8H3,(H,45,53). The van der Waals surface area contributed by atoms with Gasteiger partial charge in [0.1, 0.15) is 5.01 Å². The predicted molar refractivity (Wildman–Crippen MR) is 220 cm³/mol. The molecule has 1 aliphatic carbocycles. The SMILES string of the molecule is CCC(C)C(C(CC(=O)N1CCCC1C(OC)C(C)C(=S)NC(Cc1ccccc1)c1nccs1)OC)N(C)C(=O)C(CC(=O)C1(N)CCCC1)C(C)C. The highest BCUT2D eigenvalue weighted by molar-refractivity contribution is 7.80. The molecule has 8 unspecified atom stereocenters. The van der Waals surface area contributed by atoms with Crippen molar-refractivity contribution in [3.8, 4) is 0 Å². The van der Waals surface area contributed by atoms with Crippen LogP contribution in [0.5, 0.6) is 0 Å². The van der Waals surface area contributed by atoms with E-state index in [1.165, 1.54) is 5.56 Å². The molecule has 3 N–H and O–H groups in total. The van der Waals surface area contributed by atoms with E-state index in [-0.39, 0.29) is 72.4 Å². The van der Waals surface area contributed by atoms with E-state index in [9.17, 15) is 14.4 Å². The number of nitrogens with zero attached hydrogens (tertiary/aromatic N) is 3. The lowest BCUT2D eigenvalue weighted by molar-refractivity contribution is -0.148. The van der Waals surface area contributed by atoms with Crippen LogP contribution in [0, 0.1) is 23.7 Å². The number of ether oxygens (including phenoxy) is 2. The van der Waals surface area contributed by atoms with E-state index in [0.717, 1.165) is 43.5 Å². The molecule has 12 heteroatoms. The molecule has 2 aliphatic rings. The third-order valence-corrected chi connectivity index (χ3v) is 13.6. The average molecular weight is 784 g/mol. The smallest absolute Gasteiger partial charge is 0.226 e. The molecule has 2 aromatic rings. The molecule has 1 aromatic heterocycles. The summed E-state index contributed by atoms with van der Waals surface area (Å²) in [6, 6.07) is 9.68. The van der Waals surface area contributed by atoms with Crippen LogP contribution in [-0.2, 0) is 30.3 Å². The van der Waals surface area contributed by atoms with Crippen LogP contribution >= 0.6 is 23.6 Å². The zero-order chi connectivity index (χ0) is 39.6. The number of ketones is 1. The number of amides is 2. The van der Waals surface area contributed by atoms with E-state index in [2.05, 4.69) is 43.2 Å². The summed E-state index contributed by atoms with van der Waals surface area (Å²) in [5, 5.41) is 6.55. The highest BCUT2D eigenvalue weighted by Crippen LogP contribution is 2.34. The topological polar surface area (TPSA) is 127 Å². The second kappa shape index (κ2) is 20.4. The van der Waals surface area contributed by atoms with E-state index in [1.807, 2.05) is 48.5 Å².